The number of hydrogen-bond acceptors (Lipinski definition) is 5. The van der Waals surface area contributed by atoms with Gasteiger partial charge in [0.05, 0.1) is 24.1 Å². The molecule has 0 amide bonds. The zero-order chi connectivity index (χ0) is 16.5. The molecule has 2 fully saturated rings. The summed E-state index contributed by atoms with van der Waals surface area (Å²) >= 11 is 0. The summed E-state index contributed by atoms with van der Waals surface area (Å²) in [6.07, 6.45) is 2.19. The van der Waals surface area contributed by atoms with Crippen LogP contribution >= 0.6 is 0 Å². The molecule has 0 radical (unpaired) electrons. The number of nitrogens with one attached hydrogen (secondary N) is 1. The van der Waals surface area contributed by atoms with Crippen molar-refractivity contribution in [1.82, 2.24) is 19.7 Å². The third-order valence-corrected chi connectivity index (χ3v) is 5.21. The van der Waals surface area contributed by atoms with Crippen molar-refractivity contribution in [2.45, 2.75) is 19.6 Å². The molecule has 6 nitrogen and oxygen atoms in total. The minimum absolute atomic E-state index is 0.370. The van der Waals surface area contributed by atoms with Crippen molar-refractivity contribution < 1.29 is 4.74 Å². The highest BCUT2D eigenvalue weighted by atomic mass is 16.5. The largest absolute Gasteiger partial charge is 0.376 e. The SMILES string of the molecule is Cc1cc(CN2C[C@@H]3[C@H](CNc4ccccn4)CO[C@@H]3C2)n(C)n1. The molecule has 2 aliphatic heterocycles. The lowest BCUT2D eigenvalue weighted by Gasteiger charge is -2.20. The maximum Gasteiger partial charge on any atom is 0.125 e. The van der Waals surface area contributed by atoms with Gasteiger partial charge in [-0.05, 0) is 25.1 Å². The number of rotatable bonds is 5. The summed E-state index contributed by atoms with van der Waals surface area (Å²) < 4.78 is 8.05. The molecule has 3 atom stereocenters. The first-order chi connectivity index (χ1) is 11.7. The first-order valence-corrected chi connectivity index (χ1v) is 8.67. The zero-order valence-electron chi connectivity index (χ0n) is 14.4. The predicted molar refractivity (Wildman–Crippen MR) is 92.7 cm³/mol. The number of nitrogens with zero attached hydrogens (tertiary/aromatic N) is 4. The molecule has 4 rings (SSSR count). The van der Waals surface area contributed by atoms with Gasteiger partial charge in [-0.1, -0.05) is 6.07 Å². The Labute approximate surface area is 142 Å². The molecule has 2 aliphatic rings. The summed E-state index contributed by atoms with van der Waals surface area (Å²) in [7, 11) is 2.02. The molecule has 0 bridgehead atoms. The van der Waals surface area contributed by atoms with Crippen molar-refractivity contribution in [3.63, 3.8) is 0 Å². The third kappa shape index (κ3) is 3.16. The molecule has 128 valence electrons. The van der Waals surface area contributed by atoms with Crippen LogP contribution in [0.3, 0.4) is 0 Å². The molecular weight excluding hydrogens is 302 g/mol. The van der Waals surface area contributed by atoms with Gasteiger partial charge in [-0.2, -0.15) is 5.10 Å². The number of pyridine rings is 1. The minimum Gasteiger partial charge on any atom is -0.376 e. The molecule has 2 aromatic rings. The van der Waals surface area contributed by atoms with Crippen LogP contribution in [0.4, 0.5) is 5.82 Å². The first-order valence-electron chi connectivity index (χ1n) is 8.67. The van der Waals surface area contributed by atoms with Crippen LogP contribution in [0.15, 0.2) is 30.5 Å². The Morgan fingerprint density at radius 3 is 3.00 bits per heavy atom. The Morgan fingerprint density at radius 2 is 2.25 bits per heavy atom. The normalized spacial score (nSPS) is 26.7. The van der Waals surface area contributed by atoms with Crippen molar-refractivity contribution in [1.29, 1.82) is 0 Å². The van der Waals surface area contributed by atoms with Gasteiger partial charge in [0.2, 0.25) is 0 Å². The van der Waals surface area contributed by atoms with Crippen molar-refractivity contribution in [2.24, 2.45) is 18.9 Å². The molecule has 4 heterocycles. The Bertz CT molecular complexity index is 686. The van der Waals surface area contributed by atoms with Crippen molar-refractivity contribution in [2.75, 3.05) is 31.6 Å². The van der Waals surface area contributed by atoms with Crippen LogP contribution in [0, 0.1) is 18.8 Å². The molecule has 2 saturated heterocycles. The van der Waals surface area contributed by atoms with E-state index < -0.39 is 0 Å². The van der Waals surface area contributed by atoms with E-state index in [0.29, 0.717) is 17.9 Å². The second kappa shape index (κ2) is 6.53. The van der Waals surface area contributed by atoms with E-state index in [1.165, 1.54) is 5.69 Å². The van der Waals surface area contributed by atoms with Crippen molar-refractivity contribution >= 4 is 5.82 Å². The van der Waals surface area contributed by atoms with Crippen LogP contribution < -0.4 is 5.32 Å². The summed E-state index contributed by atoms with van der Waals surface area (Å²) in [4.78, 5) is 6.83. The fourth-order valence-electron chi connectivity index (χ4n) is 3.96. The Morgan fingerprint density at radius 1 is 1.33 bits per heavy atom. The van der Waals surface area contributed by atoms with Gasteiger partial charge in [0.15, 0.2) is 0 Å². The number of aryl methyl sites for hydroxylation is 2. The van der Waals surface area contributed by atoms with E-state index in [-0.39, 0.29) is 0 Å². The quantitative estimate of drug-likeness (QED) is 0.905. The van der Waals surface area contributed by atoms with Gasteiger partial charge in [-0.25, -0.2) is 4.98 Å². The molecule has 0 unspecified atom stereocenters. The molecule has 1 N–H and O–H groups in total. The number of anilines is 1. The molecule has 24 heavy (non-hydrogen) atoms. The third-order valence-electron chi connectivity index (χ3n) is 5.21. The topological polar surface area (TPSA) is 55.2 Å². The molecule has 0 spiro atoms. The van der Waals surface area contributed by atoms with Gasteiger partial charge < -0.3 is 10.1 Å². The summed E-state index contributed by atoms with van der Waals surface area (Å²) in [5, 5.41) is 7.90. The van der Waals surface area contributed by atoms with E-state index in [4.69, 9.17) is 4.74 Å². The van der Waals surface area contributed by atoms with E-state index in [0.717, 1.165) is 44.3 Å². The fourth-order valence-corrected chi connectivity index (χ4v) is 3.96. The molecule has 2 aromatic heterocycles. The lowest BCUT2D eigenvalue weighted by Crippen LogP contribution is -2.27. The van der Waals surface area contributed by atoms with Crippen LogP contribution in [-0.4, -0.2) is 52.0 Å². The summed E-state index contributed by atoms with van der Waals surface area (Å²) in [5.74, 6) is 2.10. The van der Waals surface area contributed by atoms with Gasteiger partial charge in [-0.15, -0.1) is 0 Å². The summed E-state index contributed by atoms with van der Waals surface area (Å²) in [5.41, 5.74) is 2.36. The monoisotopic (exact) mass is 327 g/mol. The molecule has 6 heteroatoms. The average Bonchev–Trinajstić information content (AvgIpc) is 3.22. The summed E-state index contributed by atoms with van der Waals surface area (Å²) in [6, 6.07) is 8.14. The van der Waals surface area contributed by atoms with Crippen LogP contribution in [-0.2, 0) is 18.3 Å². The zero-order valence-corrected chi connectivity index (χ0v) is 14.4. The molecule has 0 saturated carbocycles. The van der Waals surface area contributed by atoms with E-state index in [1.807, 2.05) is 43.0 Å². The van der Waals surface area contributed by atoms with Crippen LogP contribution in [0.1, 0.15) is 11.4 Å². The van der Waals surface area contributed by atoms with Crippen molar-refractivity contribution in [3.8, 4) is 0 Å². The Balaban J connectivity index is 1.34. The standard InChI is InChI=1S/C18H25N5O/c1-13-7-15(22(2)21-13)9-23-10-16-14(12-24-17(16)11-23)8-20-18-5-3-4-6-19-18/h3-7,14,16-17H,8-12H2,1-2H3,(H,19,20)/t14-,16-,17-/m1/s1. The van der Waals surface area contributed by atoms with Gasteiger partial charge in [0, 0.05) is 51.3 Å². The second-order valence-corrected chi connectivity index (χ2v) is 6.99. The van der Waals surface area contributed by atoms with E-state index in [9.17, 15) is 0 Å². The molecule has 0 aromatic carbocycles. The van der Waals surface area contributed by atoms with Crippen molar-refractivity contribution in [3.05, 3.63) is 41.9 Å². The number of fused-ring (bicyclic) bond motifs is 1. The lowest BCUT2D eigenvalue weighted by atomic mass is 9.93. The molecule has 0 aliphatic carbocycles. The lowest BCUT2D eigenvalue weighted by molar-refractivity contribution is 0.0942. The minimum atomic E-state index is 0.370. The Kier molecular flexibility index (Phi) is 4.24. The van der Waals surface area contributed by atoms with E-state index in [2.05, 4.69) is 26.4 Å². The Hall–Kier alpha value is -1.92. The predicted octanol–water partition coefficient (Wildman–Crippen LogP) is 1.68. The maximum absolute atomic E-state index is 6.06. The van der Waals surface area contributed by atoms with Crippen LogP contribution in [0.5, 0.6) is 0 Å². The van der Waals surface area contributed by atoms with E-state index >= 15 is 0 Å². The van der Waals surface area contributed by atoms with Gasteiger partial charge in [0.25, 0.3) is 0 Å². The van der Waals surface area contributed by atoms with Crippen LogP contribution in [0.2, 0.25) is 0 Å². The average molecular weight is 327 g/mol. The number of aromatic nitrogens is 3. The smallest absolute Gasteiger partial charge is 0.125 e. The highest BCUT2D eigenvalue weighted by molar-refractivity contribution is 5.33. The first kappa shape index (κ1) is 15.6. The molecular formula is C18H25N5O. The second-order valence-electron chi connectivity index (χ2n) is 6.99. The number of ether oxygens (including phenoxy) is 1. The fraction of sp³-hybridized carbons (Fsp3) is 0.556. The highest BCUT2D eigenvalue weighted by Crippen LogP contribution is 2.34. The number of hydrogen-bond donors (Lipinski definition) is 1. The van der Waals surface area contributed by atoms with Gasteiger partial charge in [0.1, 0.15) is 5.82 Å². The van der Waals surface area contributed by atoms with E-state index in [1.54, 1.807) is 0 Å². The van der Waals surface area contributed by atoms with Gasteiger partial charge in [-0.3, -0.25) is 9.58 Å². The van der Waals surface area contributed by atoms with Crippen LogP contribution in [0.25, 0.3) is 0 Å². The van der Waals surface area contributed by atoms with Gasteiger partial charge >= 0.3 is 0 Å². The maximum atomic E-state index is 6.06. The highest BCUT2D eigenvalue weighted by Gasteiger charge is 2.43. The number of likely N-dealkylation sites (tertiary alicyclic amines) is 1. The summed E-state index contributed by atoms with van der Waals surface area (Å²) in [6.45, 7) is 6.90.